The number of nitrogens with zero attached hydrogens (tertiary/aromatic N) is 6. The van der Waals surface area contributed by atoms with Crippen molar-refractivity contribution in [3.63, 3.8) is 0 Å². The van der Waals surface area contributed by atoms with Crippen LogP contribution in [0.4, 0.5) is 17.6 Å². The quantitative estimate of drug-likeness (QED) is 0.814. The molecular weight excluding hydrogens is 352 g/mol. The molecule has 4 rings (SSSR count). The molecule has 8 heteroatoms. The summed E-state index contributed by atoms with van der Waals surface area (Å²) in [7, 11) is 0. The second kappa shape index (κ2) is 7.63. The Morgan fingerprint density at radius 2 is 1.58 bits per heavy atom. The van der Waals surface area contributed by atoms with Crippen molar-refractivity contribution in [1.82, 2.24) is 15.0 Å². The lowest BCUT2D eigenvalue weighted by Gasteiger charge is -2.36. The summed E-state index contributed by atoms with van der Waals surface area (Å²) in [6, 6.07) is 5.91. The van der Waals surface area contributed by atoms with Crippen LogP contribution in [-0.4, -0.2) is 67.4 Å². The highest BCUT2D eigenvalue weighted by molar-refractivity contribution is 6.30. The second-order valence-electron chi connectivity index (χ2n) is 6.58. The number of aromatic nitrogens is 3. The molecule has 2 fully saturated rings. The average Bonchev–Trinajstić information content (AvgIpc) is 2.69. The van der Waals surface area contributed by atoms with E-state index in [1.807, 2.05) is 19.1 Å². The van der Waals surface area contributed by atoms with E-state index in [-0.39, 0.29) is 0 Å². The molecule has 2 saturated heterocycles. The Kier molecular flexibility index (Phi) is 5.08. The van der Waals surface area contributed by atoms with Crippen LogP contribution >= 0.6 is 11.6 Å². The van der Waals surface area contributed by atoms with Crippen molar-refractivity contribution in [2.45, 2.75) is 6.92 Å². The van der Waals surface area contributed by atoms with Crippen molar-refractivity contribution in [1.29, 1.82) is 0 Å². The topological polar surface area (TPSA) is 57.6 Å². The number of pyridine rings is 1. The van der Waals surface area contributed by atoms with Crippen LogP contribution < -0.4 is 14.7 Å². The van der Waals surface area contributed by atoms with Crippen LogP contribution in [-0.2, 0) is 4.74 Å². The number of ether oxygens (including phenoxy) is 1. The minimum absolute atomic E-state index is 0.663. The van der Waals surface area contributed by atoms with E-state index in [9.17, 15) is 0 Å². The summed E-state index contributed by atoms with van der Waals surface area (Å²) in [4.78, 5) is 20.7. The van der Waals surface area contributed by atoms with E-state index in [0.29, 0.717) is 5.02 Å². The maximum absolute atomic E-state index is 5.93. The molecule has 4 heterocycles. The van der Waals surface area contributed by atoms with Crippen LogP contribution in [0.5, 0.6) is 0 Å². The first-order valence-corrected chi connectivity index (χ1v) is 9.37. The fourth-order valence-electron chi connectivity index (χ4n) is 3.32. The van der Waals surface area contributed by atoms with Gasteiger partial charge in [0, 0.05) is 57.2 Å². The summed E-state index contributed by atoms with van der Waals surface area (Å²) in [6.45, 7) is 8.82. The third-order valence-corrected chi connectivity index (χ3v) is 4.99. The molecule has 0 aromatic carbocycles. The third-order valence-electron chi connectivity index (χ3n) is 4.76. The summed E-state index contributed by atoms with van der Waals surface area (Å²) in [5.41, 5.74) is 0.998. The van der Waals surface area contributed by atoms with Gasteiger partial charge in [0.25, 0.3) is 0 Å². The molecule has 2 aromatic heterocycles. The molecule has 7 nitrogen and oxygen atoms in total. The van der Waals surface area contributed by atoms with Crippen LogP contribution in [0.3, 0.4) is 0 Å². The predicted molar refractivity (Wildman–Crippen MR) is 103 cm³/mol. The molecule has 2 aliphatic rings. The molecule has 0 spiro atoms. The third kappa shape index (κ3) is 3.83. The fraction of sp³-hybridized carbons (Fsp3) is 0.500. The Hall–Kier alpha value is -2.12. The number of anilines is 3. The largest absolute Gasteiger partial charge is 0.378 e. The van der Waals surface area contributed by atoms with Gasteiger partial charge in [-0.05, 0) is 19.1 Å². The number of rotatable bonds is 3. The second-order valence-corrected chi connectivity index (χ2v) is 7.01. The van der Waals surface area contributed by atoms with Crippen LogP contribution in [0, 0.1) is 6.92 Å². The Labute approximate surface area is 158 Å². The summed E-state index contributed by atoms with van der Waals surface area (Å²) >= 11 is 5.93. The van der Waals surface area contributed by atoms with Crippen molar-refractivity contribution in [2.75, 3.05) is 67.2 Å². The maximum Gasteiger partial charge on any atom is 0.227 e. The van der Waals surface area contributed by atoms with Crippen molar-refractivity contribution in [2.24, 2.45) is 0 Å². The average molecular weight is 375 g/mol. The van der Waals surface area contributed by atoms with E-state index in [0.717, 1.165) is 75.8 Å². The molecule has 0 bridgehead atoms. The van der Waals surface area contributed by atoms with Gasteiger partial charge in [-0.25, -0.2) is 9.97 Å². The Bertz CT molecular complexity index is 742. The summed E-state index contributed by atoms with van der Waals surface area (Å²) in [5.74, 6) is 2.78. The van der Waals surface area contributed by atoms with E-state index in [1.54, 1.807) is 6.20 Å². The Balaban J connectivity index is 1.45. The lowest BCUT2D eigenvalue weighted by Crippen LogP contribution is -2.47. The van der Waals surface area contributed by atoms with Crippen LogP contribution in [0.1, 0.15) is 5.69 Å². The van der Waals surface area contributed by atoms with Crippen LogP contribution in [0.15, 0.2) is 24.4 Å². The summed E-state index contributed by atoms with van der Waals surface area (Å²) in [6.07, 6.45) is 1.70. The number of piperazine rings is 1. The number of halogens is 1. The monoisotopic (exact) mass is 374 g/mol. The Morgan fingerprint density at radius 3 is 2.27 bits per heavy atom. The van der Waals surface area contributed by atoms with Crippen molar-refractivity contribution in [3.05, 3.63) is 35.1 Å². The lowest BCUT2D eigenvalue weighted by atomic mass is 10.3. The molecule has 0 N–H and O–H groups in total. The van der Waals surface area contributed by atoms with Crippen molar-refractivity contribution < 1.29 is 4.74 Å². The van der Waals surface area contributed by atoms with Gasteiger partial charge in [0.1, 0.15) is 11.6 Å². The molecule has 2 aliphatic heterocycles. The summed E-state index contributed by atoms with van der Waals surface area (Å²) in [5, 5.41) is 0.663. The zero-order valence-corrected chi connectivity index (χ0v) is 15.7. The van der Waals surface area contributed by atoms with Gasteiger partial charge in [-0.3, -0.25) is 0 Å². The Morgan fingerprint density at radius 1 is 0.885 bits per heavy atom. The highest BCUT2D eigenvalue weighted by Crippen LogP contribution is 2.21. The van der Waals surface area contributed by atoms with Gasteiger partial charge >= 0.3 is 0 Å². The maximum atomic E-state index is 5.93. The minimum atomic E-state index is 0.663. The molecular formula is C18H23ClN6O. The number of aryl methyl sites for hydroxylation is 1. The molecule has 0 aliphatic carbocycles. The number of hydrogen-bond donors (Lipinski definition) is 0. The van der Waals surface area contributed by atoms with Gasteiger partial charge in [-0.2, -0.15) is 4.98 Å². The van der Waals surface area contributed by atoms with Crippen molar-refractivity contribution in [3.8, 4) is 0 Å². The highest BCUT2D eigenvalue weighted by atomic mass is 35.5. The predicted octanol–water partition coefficient (Wildman–Crippen LogP) is 2.00. The van der Waals surface area contributed by atoms with E-state index >= 15 is 0 Å². The molecule has 0 saturated carbocycles. The van der Waals surface area contributed by atoms with E-state index in [1.165, 1.54) is 0 Å². The first kappa shape index (κ1) is 17.3. The van der Waals surface area contributed by atoms with E-state index in [4.69, 9.17) is 21.3 Å². The van der Waals surface area contributed by atoms with Gasteiger partial charge in [0.2, 0.25) is 5.95 Å². The number of morpholine rings is 1. The standard InChI is InChI=1S/C18H23ClN6O/c1-14-12-17(24-8-10-26-11-9-24)22-18(21-14)25-6-4-23(5-7-25)16-3-2-15(19)13-20-16/h2-3,12-13H,4-11H2,1H3. The molecule has 0 radical (unpaired) electrons. The zero-order chi connectivity index (χ0) is 17.9. The molecule has 26 heavy (non-hydrogen) atoms. The van der Waals surface area contributed by atoms with Gasteiger partial charge in [0.05, 0.1) is 18.2 Å². The smallest absolute Gasteiger partial charge is 0.227 e. The molecule has 0 atom stereocenters. The normalized spacial score (nSPS) is 18.3. The lowest BCUT2D eigenvalue weighted by molar-refractivity contribution is 0.122. The van der Waals surface area contributed by atoms with Gasteiger partial charge in [-0.1, -0.05) is 11.6 Å². The van der Waals surface area contributed by atoms with Gasteiger partial charge in [-0.15, -0.1) is 0 Å². The number of hydrogen-bond acceptors (Lipinski definition) is 7. The minimum Gasteiger partial charge on any atom is -0.378 e. The van der Waals surface area contributed by atoms with Crippen molar-refractivity contribution >= 4 is 29.2 Å². The van der Waals surface area contributed by atoms with Gasteiger partial charge in [0.15, 0.2) is 0 Å². The zero-order valence-electron chi connectivity index (χ0n) is 14.9. The molecule has 0 amide bonds. The van der Waals surface area contributed by atoms with E-state index in [2.05, 4.69) is 30.7 Å². The fourth-order valence-corrected chi connectivity index (χ4v) is 3.43. The van der Waals surface area contributed by atoms with Crippen LogP contribution in [0.25, 0.3) is 0 Å². The van der Waals surface area contributed by atoms with Gasteiger partial charge < -0.3 is 19.4 Å². The van der Waals surface area contributed by atoms with Crippen LogP contribution in [0.2, 0.25) is 5.02 Å². The SMILES string of the molecule is Cc1cc(N2CCOCC2)nc(N2CCN(c3ccc(Cl)cn3)CC2)n1. The molecule has 0 unspecified atom stereocenters. The molecule has 138 valence electrons. The van der Waals surface area contributed by atoms with E-state index < -0.39 is 0 Å². The highest BCUT2D eigenvalue weighted by Gasteiger charge is 2.22. The molecule has 2 aromatic rings. The first-order valence-electron chi connectivity index (χ1n) is 8.99. The summed E-state index contributed by atoms with van der Waals surface area (Å²) < 4.78 is 5.44. The first-order chi connectivity index (χ1) is 12.7.